The van der Waals surface area contributed by atoms with Crippen LogP contribution < -0.4 is 0 Å². The van der Waals surface area contributed by atoms with Gasteiger partial charge in [0.05, 0.1) is 16.7 Å². The lowest BCUT2D eigenvalue weighted by Crippen LogP contribution is -2.37. The number of carboxylic acid groups (broad SMARTS) is 1. The topological polar surface area (TPSA) is 40.5 Å². The van der Waals surface area contributed by atoms with Crippen molar-refractivity contribution in [2.24, 2.45) is 5.92 Å². The van der Waals surface area contributed by atoms with Crippen LogP contribution in [0.15, 0.2) is 42.5 Å². The van der Waals surface area contributed by atoms with Gasteiger partial charge in [-0.05, 0) is 66.8 Å². The van der Waals surface area contributed by atoms with E-state index >= 15 is 0 Å². The second-order valence-electron chi connectivity index (χ2n) is 8.46. The predicted molar refractivity (Wildman–Crippen MR) is 106 cm³/mol. The summed E-state index contributed by atoms with van der Waals surface area (Å²) >= 11 is 0. The first kappa shape index (κ1) is 26.8. The molecule has 0 radical (unpaired) electrons. The first-order chi connectivity index (χ1) is 16.1. The lowest BCUT2D eigenvalue weighted by Gasteiger charge is -2.40. The van der Waals surface area contributed by atoms with Gasteiger partial charge in [-0.25, -0.2) is 0 Å². The second kappa shape index (κ2) is 9.71. The third kappa shape index (κ3) is 6.68. The molecular weight excluding hydrogens is 493 g/mol. The molecule has 1 heterocycles. The van der Waals surface area contributed by atoms with Crippen molar-refractivity contribution < 1.29 is 49.4 Å². The molecule has 192 valence electrons. The van der Waals surface area contributed by atoms with Crippen LogP contribution in [0.25, 0.3) is 0 Å². The van der Waals surface area contributed by atoms with Gasteiger partial charge in [0, 0.05) is 19.0 Å². The Hall–Kier alpha value is -2.76. The summed E-state index contributed by atoms with van der Waals surface area (Å²) in [7, 11) is 0. The van der Waals surface area contributed by atoms with Gasteiger partial charge >= 0.3 is 24.5 Å². The maximum Gasteiger partial charge on any atom is 0.416 e. The van der Waals surface area contributed by atoms with E-state index in [4.69, 9.17) is 5.11 Å². The second-order valence-corrected chi connectivity index (χ2v) is 8.46. The Labute approximate surface area is 194 Å². The fourth-order valence-corrected chi connectivity index (χ4v) is 4.35. The highest BCUT2D eigenvalue weighted by atomic mass is 19.4. The van der Waals surface area contributed by atoms with E-state index in [2.05, 4.69) is 0 Å². The zero-order chi connectivity index (χ0) is 26.2. The average Bonchev–Trinajstić information content (AvgIpc) is 2.72. The van der Waals surface area contributed by atoms with Crippen molar-refractivity contribution in [1.29, 1.82) is 0 Å². The monoisotopic (exact) mass is 513 g/mol. The molecule has 12 heteroatoms. The van der Waals surface area contributed by atoms with E-state index in [1.165, 1.54) is 4.90 Å². The Morgan fingerprint density at radius 3 is 1.94 bits per heavy atom. The van der Waals surface area contributed by atoms with Crippen LogP contribution in [0.1, 0.15) is 53.1 Å². The van der Waals surface area contributed by atoms with Gasteiger partial charge in [0.15, 0.2) is 0 Å². The summed E-state index contributed by atoms with van der Waals surface area (Å²) in [6.07, 6.45) is -14.3. The number of carbonyl (C=O) groups is 1. The molecular formula is C23H20F9NO2. The van der Waals surface area contributed by atoms with E-state index < -0.39 is 65.3 Å². The molecule has 1 N–H and O–H groups in total. The zero-order valence-corrected chi connectivity index (χ0v) is 17.9. The number of hydrogen-bond donors (Lipinski definition) is 1. The van der Waals surface area contributed by atoms with Gasteiger partial charge in [-0.2, -0.15) is 39.5 Å². The van der Waals surface area contributed by atoms with Gasteiger partial charge in [-0.15, -0.1) is 0 Å². The Kier molecular flexibility index (Phi) is 7.45. The molecule has 3 nitrogen and oxygen atoms in total. The van der Waals surface area contributed by atoms with E-state index in [0.717, 1.165) is 24.3 Å². The summed E-state index contributed by atoms with van der Waals surface area (Å²) in [4.78, 5) is 12.6. The molecule has 1 fully saturated rings. The number of likely N-dealkylation sites (tertiary alicyclic amines) is 1. The van der Waals surface area contributed by atoms with Crippen LogP contribution in [0, 0.1) is 5.92 Å². The smallest absolute Gasteiger partial charge is 0.416 e. The summed E-state index contributed by atoms with van der Waals surface area (Å²) < 4.78 is 119. The molecule has 2 aromatic carbocycles. The van der Waals surface area contributed by atoms with Gasteiger partial charge in [-0.1, -0.05) is 12.1 Å². The number of aliphatic carboxylic acids is 1. The van der Waals surface area contributed by atoms with Crippen LogP contribution in [-0.4, -0.2) is 22.5 Å². The van der Waals surface area contributed by atoms with Crippen LogP contribution in [-0.2, 0) is 29.9 Å². The van der Waals surface area contributed by atoms with Crippen LogP contribution in [0.5, 0.6) is 0 Å². The molecule has 0 unspecified atom stereocenters. The summed E-state index contributed by atoms with van der Waals surface area (Å²) in [5, 5.41) is 9.11. The van der Waals surface area contributed by atoms with Gasteiger partial charge < -0.3 is 5.11 Å². The maximum absolute atomic E-state index is 13.5. The van der Waals surface area contributed by atoms with Gasteiger partial charge in [0.2, 0.25) is 0 Å². The van der Waals surface area contributed by atoms with Crippen molar-refractivity contribution >= 4 is 5.97 Å². The molecule has 1 aliphatic heterocycles. The highest BCUT2D eigenvalue weighted by molar-refractivity contribution is 5.67. The predicted octanol–water partition coefficient (Wildman–Crippen LogP) is 7.17. The van der Waals surface area contributed by atoms with Crippen molar-refractivity contribution in [2.45, 2.75) is 50.4 Å². The van der Waals surface area contributed by atoms with Gasteiger partial charge in [0.1, 0.15) is 0 Å². The standard InChI is InChI=1S/C23H20F9NO2/c24-21(25,26)16-3-1-14(2-4-16)19-9-13(10-20(34)35)7-8-33(19)12-15-11-17(22(27,28)29)5-6-18(15)23(30,31)32/h1-6,11,13,19H,7-10,12H2,(H,34,35)/t13-,19+/m0/s1. The summed E-state index contributed by atoms with van der Waals surface area (Å²) in [5.41, 5.74) is -3.77. The van der Waals surface area contributed by atoms with Crippen molar-refractivity contribution in [2.75, 3.05) is 6.54 Å². The number of halogens is 9. The fraction of sp³-hybridized carbons (Fsp3) is 0.435. The third-order valence-corrected chi connectivity index (χ3v) is 6.02. The molecule has 35 heavy (non-hydrogen) atoms. The number of alkyl halides is 9. The van der Waals surface area contributed by atoms with Crippen LogP contribution in [0.3, 0.4) is 0 Å². The number of benzene rings is 2. The van der Waals surface area contributed by atoms with Crippen molar-refractivity contribution in [3.63, 3.8) is 0 Å². The largest absolute Gasteiger partial charge is 0.481 e. The Balaban J connectivity index is 1.99. The van der Waals surface area contributed by atoms with Crippen molar-refractivity contribution in [3.8, 4) is 0 Å². The van der Waals surface area contributed by atoms with E-state index in [9.17, 15) is 44.3 Å². The van der Waals surface area contributed by atoms with E-state index in [-0.39, 0.29) is 25.8 Å². The molecule has 0 bridgehead atoms. The molecule has 2 atom stereocenters. The number of nitrogens with zero attached hydrogens (tertiary/aromatic N) is 1. The lowest BCUT2D eigenvalue weighted by molar-refractivity contribution is -0.142. The molecule has 1 aliphatic rings. The number of hydrogen-bond acceptors (Lipinski definition) is 2. The Morgan fingerprint density at radius 2 is 1.43 bits per heavy atom. The number of piperidine rings is 1. The SMILES string of the molecule is O=C(O)C[C@H]1CCN(Cc2cc(C(F)(F)F)ccc2C(F)(F)F)[C@@H](c2ccc(C(F)(F)F)cc2)C1. The molecule has 1 saturated heterocycles. The average molecular weight is 513 g/mol. The fourth-order valence-electron chi connectivity index (χ4n) is 4.35. The molecule has 3 rings (SSSR count). The maximum atomic E-state index is 13.5. The number of rotatable bonds is 5. The normalized spacial score (nSPS) is 20.1. The first-order valence-electron chi connectivity index (χ1n) is 10.5. The van der Waals surface area contributed by atoms with Crippen LogP contribution >= 0.6 is 0 Å². The van der Waals surface area contributed by atoms with E-state index in [0.29, 0.717) is 23.8 Å². The van der Waals surface area contributed by atoms with Crippen LogP contribution in [0.4, 0.5) is 39.5 Å². The molecule has 2 aromatic rings. The van der Waals surface area contributed by atoms with Crippen LogP contribution in [0.2, 0.25) is 0 Å². The molecule has 0 saturated carbocycles. The lowest BCUT2D eigenvalue weighted by atomic mass is 9.84. The highest BCUT2D eigenvalue weighted by Crippen LogP contribution is 2.41. The molecule has 0 amide bonds. The summed E-state index contributed by atoms with van der Waals surface area (Å²) in [5.74, 6) is -1.51. The van der Waals surface area contributed by atoms with Crippen molar-refractivity contribution in [3.05, 3.63) is 70.3 Å². The minimum absolute atomic E-state index is 0.0528. The Bertz CT molecular complexity index is 1040. The minimum atomic E-state index is -4.93. The van der Waals surface area contributed by atoms with E-state index in [1.807, 2.05) is 0 Å². The Morgan fingerprint density at radius 1 is 0.857 bits per heavy atom. The van der Waals surface area contributed by atoms with Gasteiger partial charge in [-0.3, -0.25) is 9.69 Å². The minimum Gasteiger partial charge on any atom is -0.481 e. The quantitative estimate of drug-likeness (QED) is 0.431. The van der Waals surface area contributed by atoms with Gasteiger partial charge in [0.25, 0.3) is 0 Å². The summed E-state index contributed by atoms with van der Waals surface area (Å²) in [6, 6.07) is 4.27. The molecule has 0 aromatic heterocycles. The first-order valence-corrected chi connectivity index (χ1v) is 10.5. The zero-order valence-electron chi connectivity index (χ0n) is 17.9. The molecule has 0 spiro atoms. The van der Waals surface area contributed by atoms with E-state index in [1.54, 1.807) is 0 Å². The third-order valence-electron chi connectivity index (χ3n) is 6.02. The highest BCUT2D eigenvalue weighted by Gasteiger charge is 2.39. The molecule has 0 aliphatic carbocycles. The summed E-state index contributed by atoms with van der Waals surface area (Å²) in [6.45, 7) is -0.499. The van der Waals surface area contributed by atoms with Crippen molar-refractivity contribution in [1.82, 2.24) is 4.90 Å². The number of carboxylic acids is 1.